The Labute approximate surface area is 142 Å². The highest BCUT2D eigenvalue weighted by atomic mass is 16.1. The minimum atomic E-state index is 0.0136. The van der Waals surface area contributed by atoms with Gasteiger partial charge in [0, 0.05) is 18.7 Å². The first-order valence-corrected chi connectivity index (χ1v) is 8.12. The lowest BCUT2D eigenvalue weighted by Crippen LogP contribution is -2.42. The zero-order valence-electron chi connectivity index (χ0n) is 13.6. The van der Waals surface area contributed by atoms with Crippen LogP contribution in [0.5, 0.6) is 0 Å². The zero-order chi connectivity index (χ0) is 16.6. The van der Waals surface area contributed by atoms with Gasteiger partial charge in [0.15, 0.2) is 12.4 Å². The third-order valence-electron chi connectivity index (χ3n) is 3.87. The molecular formula is C21H21N2O+. The Bertz CT molecular complexity index is 768. The molecule has 0 bridgehead atoms. The molecule has 0 spiro atoms. The number of rotatable bonds is 6. The lowest BCUT2D eigenvalue weighted by Gasteiger charge is -2.04. The quantitative estimate of drug-likeness (QED) is 0.697. The summed E-state index contributed by atoms with van der Waals surface area (Å²) < 4.78 is 1.90. The predicted octanol–water partition coefficient (Wildman–Crippen LogP) is 2.88. The van der Waals surface area contributed by atoms with Crippen LogP contribution >= 0.6 is 0 Å². The number of nitrogens with zero attached hydrogens (tertiary/aromatic N) is 1. The van der Waals surface area contributed by atoms with Crippen LogP contribution in [-0.2, 0) is 24.3 Å². The summed E-state index contributed by atoms with van der Waals surface area (Å²) in [5.41, 5.74) is 3.63. The van der Waals surface area contributed by atoms with Crippen LogP contribution in [0.2, 0.25) is 0 Å². The van der Waals surface area contributed by atoms with E-state index in [0.717, 1.165) is 12.0 Å². The summed E-state index contributed by atoms with van der Waals surface area (Å²) in [6.07, 6.45) is 4.82. The van der Waals surface area contributed by atoms with Gasteiger partial charge in [0.25, 0.3) is 5.91 Å². The van der Waals surface area contributed by atoms with Crippen molar-refractivity contribution in [3.05, 3.63) is 102 Å². The highest BCUT2D eigenvalue weighted by Crippen LogP contribution is 2.07. The number of carbonyl (C=O) groups is 1. The van der Waals surface area contributed by atoms with Crippen LogP contribution in [0.4, 0.5) is 0 Å². The third-order valence-corrected chi connectivity index (χ3v) is 3.87. The fraction of sp³-hybridized carbons (Fsp3) is 0.143. The summed E-state index contributed by atoms with van der Waals surface area (Å²) in [6, 6.07) is 24.4. The maximum absolute atomic E-state index is 12.0. The minimum absolute atomic E-state index is 0.0136. The molecule has 3 heteroatoms. The lowest BCUT2D eigenvalue weighted by molar-refractivity contribution is -0.684. The number of hydrogen-bond acceptors (Lipinski definition) is 1. The first-order valence-electron chi connectivity index (χ1n) is 8.12. The minimum Gasteiger partial charge on any atom is -0.347 e. The summed E-state index contributed by atoms with van der Waals surface area (Å²) >= 11 is 0. The lowest BCUT2D eigenvalue weighted by atomic mass is 10.1. The molecule has 0 unspecified atom stereocenters. The van der Waals surface area contributed by atoms with Gasteiger partial charge in [-0.2, -0.15) is 4.57 Å². The van der Waals surface area contributed by atoms with Gasteiger partial charge in [0.1, 0.15) is 0 Å². The molecule has 0 fully saturated rings. The second kappa shape index (κ2) is 8.06. The normalized spacial score (nSPS) is 10.3. The summed E-state index contributed by atoms with van der Waals surface area (Å²) in [4.78, 5) is 12.0. The highest BCUT2D eigenvalue weighted by molar-refractivity contribution is 5.74. The molecule has 0 atom stereocenters. The molecule has 0 radical (unpaired) electrons. The molecule has 3 rings (SSSR count). The maximum Gasteiger partial charge on any atom is 0.286 e. The van der Waals surface area contributed by atoms with E-state index in [1.807, 2.05) is 53.4 Å². The number of aromatic nitrogens is 1. The molecular weight excluding hydrogens is 296 g/mol. The molecule has 1 aromatic heterocycles. The van der Waals surface area contributed by atoms with E-state index in [1.54, 1.807) is 0 Å². The molecule has 0 aliphatic heterocycles. The van der Waals surface area contributed by atoms with Gasteiger partial charge in [-0.3, -0.25) is 4.79 Å². The first kappa shape index (κ1) is 15.9. The SMILES string of the molecule is O=C(C[n+]1ccc(Cc2ccccc2)cc1)NCc1ccccc1. The molecule has 1 N–H and O–H groups in total. The number of nitrogens with one attached hydrogen (secondary N) is 1. The monoisotopic (exact) mass is 317 g/mol. The summed E-state index contributed by atoms with van der Waals surface area (Å²) in [5.74, 6) is 0.0136. The Hall–Kier alpha value is -2.94. The number of hydrogen-bond donors (Lipinski definition) is 1. The van der Waals surface area contributed by atoms with E-state index in [2.05, 4.69) is 41.7 Å². The van der Waals surface area contributed by atoms with Gasteiger partial charge in [-0.15, -0.1) is 0 Å². The van der Waals surface area contributed by atoms with Gasteiger partial charge in [-0.1, -0.05) is 60.7 Å². The van der Waals surface area contributed by atoms with E-state index in [4.69, 9.17) is 0 Å². The Morgan fingerprint density at radius 3 is 1.92 bits per heavy atom. The van der Waals surface area contributed by atoms with E-state index < -0.39 is 0 Å². The Kier molecular flexibility index (Phi) is 5.36. The van der Waals surface area contributed by atoms with Crippen molar-refractivity contribution in [2.24, 2.45) is 0 Å². The summed E-state index contributed by atoms with van der Waals surface area (Å²) in [6.45, 7) is 0.894. The van der Waals surface area contributed by atoms with Gasteiger partial charge in [0.05, 0.1) is 0 Å². The van der Waals surface area contributed by atoms with E-state index in [0.29, 0.717) is 13.1 Å². The average Bonchev–Trinajstić information content (AvgIpc) is 2.63. The molecule has 0 aliphatic rings. The number of amides is 1. The van der Waals surface area contributed by atoms with Crippen molar-refractivity contribution in [2.45, 2.75) is 19.5 Å². The average molecular weight is 317 g/mol. The van der Waals surface area contributed by atoms with Crippen LogP contribution in [0, 0.1) is 0 Å². The second-order valence-electron chi connectivity index (χ2n) is 5.80. The van der Waals surface area contributed by atoms with Crippen molar-refractivity contribution in [1.82, 2.24) is 5.32 Å². The molecule has 0 saturated carbocycles. The largest absolute Gasteiger partial charge is 0.347 e. The molecule has 0 saturated heterocycles. The summed E-state index contributed by atoms with van der Waals surface area (Å²) in [7, 11) is 0. The molecule has 0 aliphatic carbocycles. The zero-order valence-corrected chi connectivity index (χ0v) is 13.6. The van der Waals surface area contributed by atoms with Gasteiger partial charge in [0.2, 0.25) is 6.54 Å². The third kappa shape index (κ3) is 4.78. The van der Waals surface area contributed by atoms with Crippen LogP contribution < -0.4 is 9.88 Å². The van der Waals surface area contributed by atoms with Gasteiger partial charge in [-0.05, 0) is 23.1 Å². The van der Waals surface area contributed by atoms with E-state index in [1.165, 1.54) is 11.1 Å². The highest BCUT2D eigenvalue weighted by Gasteiger charge is 2.09. The van der Waals surface area contributed by atoms with E-state index >= 15 is 0 Å². The molecule has 1 heterocycles. The van der Waals surface area contributed by atoms with Gasteiger partial charge < -0.3 is 5.32 Å². The van der Waals surface area contributed by atoms with Crippen molar-refractivity contribution in [3.8, 4) is 0 Å². The fourth-order valence-corrected chi connectivity index (χ4v) is 2.56. The predicted molar refractivity (Wildman–Crippen MR) is 94.2 cm³/mol. The topological polar surface area (TPSA) is 33.0 Å². The van der Waals surface area contributed by atoms with Crippen molar-refractivity contribution >= 4 is 5.91 Å². The van der Waals surface area contributed by atoms with Crippen molar-refractivity contribution in [2.75, 3.05) is 0 Å². The van der Waals surface area contributed by atoms with Crippen molar-refractivity contribution < 1.29 is 9.36 Å². The van der Waals surface area contributed by atoms with Gasteiger partial charge in [-0.25, -0.2) is 0 Å². The van der Waals surface area contributed by atoms with Crippen molar-refractivity contribution in [1.29, 1.82) is 0 Å². The van der Waals surface area contributed by atoms with E-state index in [9.17, 15) is 4.79 Å². The standard InChI is InChI=1S/C21H20N2O/c24-21(22-16-20-9-5-2-6-10-20)17-23-13-11-19(12-14-23)15-18-7-3-1-4-8-18/h1-14H,15-17H2/p+1. The van der Waals surface area contributed by atoms with Crippen LogP contribution in [0.25, 0.3) is 0 Å². The van der Waals surface area contributed by atoms with Crippen LogP contribution in [0.3, 0.4) is 0 Å². The first-order chi connectivity index (χ1) is 11.8. The second-order valence-corrected chi connectivity index (χ2v) is 5.80. The molecule has 3 aromatic rings. The molecule has 1 amide bonds. The number of carbonyl (C=O) groups excluding carboxylic acids is 1. The molecule has 24 heavy (non-hydrogen) atoms. The number of benzene rings is 2. The Morgan fingerprint density at radius 1 is 0.750 bits per heavy atom. The molecule has 2 aromatic carbocycles. The fourth-order valence-electron chi connectivity index (χ4n) is 2.56. The molecule has 120 valence electrons. The van der Waals surface area contributed by atoms with Crippen molar-refractivity contribution in [3.63, 3.8) is 0 Å². The maximum atomic E-state index is 12.0. The van der Waals surface area contributed by atoms with Gasteiger partial charge >= 0.3 is 0 Å². The summed E-state index contributed by atoms with van der Waals surface area (Å²) in [5, 5.41) is 2.94. The Balaban J connectivity index is 1.51. The van der Waals surface area contributed by atoms with Crippen LogP contribution in [0.1, 0.15) is 16.7 Å². The Morgan fingerprint density at radius 2 is 1.29 bits per heavy atom. The smallest absolute Gasteiger partial charge is 0.286 e. The van der Waals surface area contributed by atoms with Crippen LogP contribution in [0.15, 0.2) is 85.2 Å². The molecule has 3 nitrogen and oxygen atoms in total. The van der Waals surface area contributed by atoms with E-state index in [-0.39, 0.29) is 5.91 Å². The van der Waals surface area contributed by atoms with Crippen LogP contribution in [-0.4, -0.2) is 5.91 Å². The number of pyridine rings is 1.